The van der Waals surface area contributed by atoms with Crippen LogP contribution in [0.3, 0.4) is 0 Å². The van der Waals surface area contributed by atoms with Gasteiger partial charge < -0.3 is 20.3 Å². The predicted octanol–water partition coefficient (Wildman–Crippen LogP) is 2.01. The van der Waals surface area contributed by atoms with E-state index in [0.717, 1.165) is 48.7 Å². The molecule has 1 saturated heterocycles. The lowest BCUT2D eigenvalue weighted by atomic mass is 9.79. The molecule has 6 nitrogen and oxygen atoms in total. The van der Waals surface area contributed by atoms with Gasteiger partial charge >= 0.3 is 0 Å². The molecule has 0 bridgehead atoms. The van der Waals surface area contributed by atoms with E-state index >= 15 is 0 Å². The number of hydrogen-bond donors (Lipinski definition) is 2. The molecule has 0 saturated carbocycles. The van der Waals surface area contributed by atoms with Crippen LogP contribution in [0.1, 0.15) is 40.8 Å². The quantitative estimate of drug-likeness (QED) is 0.858. The summed E-state index contributed by atoms with van der Waals surface area (Å²) in [4.78, 5) is 7.05. The van der Waals surface area contributed by atoms with Gasteiger partial charge in [0.1, 0.15) is 0 Å². The minimum absolute atomic E-state index is 0.0201. The summed E-state index contributed by atoms with van der Waals surface area (Å²) in [5.41, 5.74) is 11.1. The normalized spacial score (nSPS) is 24.8. The first-order valence-electron chi connectivity index (χ1n) is 9.44. The van der Waals surface area contributed by atoms with Gasteiger partial charge in [-0.25, -0.2) is 0 Å². The SMILES string of the molecule is COc1cc2c(cc1OC)C1C[C@H](N)[C@@H](c3cc(CO)ccn3)CN1CC2. The Labute approximate surface area is 159 Å². The molecule has 1 unspecified atom stereocenters. The van der Waals surface area contributed by atoms with E-state index in [-0.39, 0.29) is 18.6 Å². The fourth-order valence-electron chi connectivity index (χ4n) is 4.49. The summed E-state index contributed by atoms with van der Waals surface area (Å²) in [7, 11) is 3.35. The van der Waals surface area contributed by atoms with Gasteiger partial charge in [-0.3, -0.25) is 9.88 Å². The first-order valence-corrected chi connectivity index (χ1v) is 9.44. The van der Waals surface area contributed by atoms with Gasteiger partial charge in [-0.05, 0) is 53.8 Å². The number of nitrogens with zero attached hydrogens (tertiary/aromatic N) is 2. The number of rotatable bonds is 4. The van der Waals surface area contributed by atoms with Crippen LogP contribution >= 0.6 is 0 Å². The van der Waals surface area contributed by atoms with Crippen LogP contribution in [0.2, 0.25) is 0 Å². The number of methoxy groups -OCH3 is 2. The third-order valence-electron chi connectivity index (χ3n) is 5.96. The van der Waals surface area contributed by atoms with Crippen molar-refractivity contribution < 1.29 is 14.6 Å². The number of aromatic nitrogens is 1. The number of piperidine rings is 1. The zero-order valence-corrected chi connectivity index (χ0v) is 15.9. The Morgan fingerprint density at radius 2 is 2.00 bits per heavy atom. The Hall–Kier alpha value is -2.15. The van der Waals surface area contributed by atoms with E-state index in [2.05, 4.69) is 22.0 Å². The van der Waals surface area contributed by atoms with Gasteiger partial charge in [0.15, 0.2) is 11.5 Å². The molecule has 144 valence electrons. The van der Waals surface area contributed by atoms with Gasteiger partial charge in [0.05, 0.1) is 20.8 Å². The molecule has 0 aliphatic carbocycles. The average Bonchev–Trinajstić information content (AvgIpc) is 2.72. The lowest BCUT2D eigenvalue weighted by molar-refractivity contribution is 0.108. The van der Waals surface area contributed by atoms with Crippen LogP contribution in [0, 0.1) is 0 Å². The molecule has 0 spiro atoms. The van der Waals surface area contributed by atoms with Crippen molar-refractivity contribution in [3.63, 3.8) is 0 Å². The number of hydrogen-bond acceptors (Lipinski definition) is 6. The van der Waals surface area contributed by atoms with E-state index in [4.69, 9.17) is 15.2 Å². The van der Waals surface area contributed by atoms with Crippen LogP contribution in [0.4, 0.5) is 0 Å². The summed E-state index contributed by atoms with van der Waals surface area (Å²) < 4.78 is 11.0. The molecule has 3 N–H and O–H groups in total. The molecule has 2 aliphatic heterocycles. The summed E-state index contributed by atoms with van der Waals surface area (Å²) in [6, 6.07) is 8.36. The number of fused-ring (bicyclic) bond motifs is 3. The van der Waals surface area contributed by atoms with Gasteiger partial charge in [0.2, 0.25) is 0 Å². The van der Waals surface area contributed by atoms with Crippen molar-refractivity contribution in [1.82, 2.24) is 9.88 Å². The first kappa shape index (κ1) is 18.2. The Morgan fingerprint density at radius 3 is 2.74 bits per heavy atom. The minimum Gasteiger partial charge on any atom is -0.493 e. The van der Waals surface area contributed by atoms with Gasteiger partial charge in [-0.1, -0.05) is 0 Å². The summed E-state index contributed by atoms with van der Waals surface area (Å²) in [5.74, 6) is 1.73. The Morgan fingerprint density at radius 1 is 1.22 bits per heavy atom. The third kappa shape index (κ3) is 3.29. The topological polar surface area (TPSA) is 80.8 Å². The maximum absolute atomic E-state index is 9.42. The van der Waals surface area contributed by atoms with Gasteiger partial charge in [-0.2, -0.15) is 0 Å². The van der Waals surface area contributed by atoms with Crippen molar-refractivity contribution >= 4 is 0 Å². The molecule has 2 aromatic rings. The molecule has 4 rings (SSSR count). The highest BCUT2D eigenvalue weighted by atomic mass is 16.5. The van der Waals surface area contributed by atoms with Crippen LogP contribution < -0.4 is 15.2 Å². The standard InChI is InChI=1S/C21H27N3O3/c1-26-20-8-14-4-6-24-11-16(18-7-13(12-25)3-5-23-18)17(22)10-19(24)15(14)9-21(20)27-2/h3,5,7-9,16-17,19,25H,4,6,10-12,22H2,1-2H3/t16-,17-,19?/m0/s1. The predicted molar refractivity (Wildman–Crippen MR) is 103 cm³/mol. The molecule has 3 atom stereocenters. The number of aliphatic hydroxyl groups excluding tert-OH is 1. The second-order valence-corrected chi connectivity index (χ2v) is 7.42. The van der Waals surface area contributed by atoms with Crippen molar-refractivity contribution in [3.8, 4) is 11.5 Å². The molecule has 2 aliphatic rings. The smallest absolute Gasteiger partial charge is 0.161 e. The van der Waals surface area contributed by atoms with Crippen molar-refractivity contribution in [2.75, 3.05) is 27.3 Å². The van der Waals surface area contributed by atoms with E-state index < -0.39 is 0 Å². The second kappa shape index (κ2) is 7.46. The maximum atomic E-state index is 9.42. The molecule has 0 amide bonds. The maximum Gasteiger partial charge on any atom is 0.161 e. The second-order valence-electron chi connectivity index (χ2n) is 7.42. The monoisotopic (exact) mass is 369 g/mol. The van der Waals surface area contributed by atoms with E-state index in [1.807, 2.05) is 12.1 Å². The van der Waals surface area contributed by atoms with Crippen molar-refractivity contribution in [1.29, 1.82) is 0 Å². The van der Waals surface area contributed by atoms with Crippen LogP contribution in [0.5, 0.6) is 11.5 Å². The molecular weight excluding hydrogens is 342 g/mol. The Kier molecular flexibility index (Phi) is 5.04. The number of aliphatic hydroxyl groups is 1. The highest BCUT2D eigenvalue weighted by molar-refractivity contribution is 5.49. The average molecular weight is 369 g/mol. The van der Waals surface area contributed by atoms with E-state index in [1.165, 1.54) is 11.1 Å². The number of benzene rings is 1. The first-order chi connectivity index (χ1) is 13.1. The fourth-order valence-corrected chi connectivity index (χ4v) is 4.49. The molecular formula is C21H27N3O3. The van der Waals surface area contributed by atoms with Gasteiger partial charge in [0, 0.05) is 43.0 Å². The van der Waals surface area contributed by atoms with E-state index in [0.29, 0.717) is 6.04 Å². The van der Waals surface area contributed by atoms with Crippen molar-refractivity contribution in [2.24, 2.45) is 5.73 Å². The van der Waals surface area contributed by atoms with Crippen molar-refractivity contribution in [3.05, 3.63) is 52.8 Å². The number of ether oxygens (including phenoxy) is 2. The van der Waals surface area contributed by atoms with E-state index in [9.17, 15) is 5.11 Å². The molecule has 1 aromatic carbocycles. The third-order valence-corrected chi connectivity index (χ3v) is 5.96. The summed E-state index contributed by atoms with van der Waals surface area (Å²) in [6.45, 7) is 1.90. The minimum atomic E-state index is 0.0201. The zero-order valence-electron chi connectivity index (χ0n) is 15.9. The van der Waals surface area contributed by atoms with Crippen molar-refractivity contribution in [2.45, 2.75) is 37.5 Å². The Balaban J connectivity index is 1.63. The highest BCUT2D eigenvalue weighted by Gasteiger charge is 2.39. The largest absolute Gasteiger partial charge is 0.493 e. The molecule has 3 heterocycles. The van der Waals surface area contributed by atoms with E-state index in [1.54, 1.807) is 20.4 Å². The summed E-state index contributed by atoms with van der Waals surface area (Å²) in [5, 5.41) is 9.42. The fraction of sp³-hybridized carbons (Fsp3) is 0.476. The van der Waals surface area contributed by atoms with Crippen LogP contribution in [0.15, 0.2) is 30.5 Å². The van der Waals surface area contributed by atoms with Crippen LogP contribution in [0.25, 0.3) is 0 Å². The highest BCUT2D eigenvalue weighted by Crippen LogP contribution is 2.43. The van der Waals surface area contributed by atoms with Crippen LogP contribution in [-0.4, -0.2) is 48.3 Å². The molecule has 27 heavy (non-hydrogen) atoms. The Bertz CT molecular complexity index is 826. The lowest BCUT2D eigenvalue weighted by Gasteiger charge is -2.46. The van der Waals surface area contributed by atoms with Gasteiger partial charge in [0.25, 0.3) is 0 Å². The number of nitrogens with two attached hydrogens (primary N) is 1. The van der Waals surface area contributed by atoms with Crippen LogP contribution in [-0.2, 0) is 13.0 Å². The van der Waals surface area contributed by atoms with Gasteiger partial charge in [-0.15, -0.1) is 0 Å². The summed E-state index contributed by atoms with van der Waals surface area (Å²) >= 11 is 0. The molecule has 1 aromatic heterocycles. The summed E-state index contributed by atoms with van der Waals surface area (Å²) in [6.07, 6.45) is 3.62. The lowest BCUT2D eigenvalue weighted by Crippen LogP contribution is -2.50. The molecule has 0 radical (unpaired) electrons. The number of pyridine rings is 1. The molecule has 6 heteroatoms. The molecule has 1 fully saturated rings. The zero-order chi connectivity index (χ0) is 19.0.